The van der Waals surface area contributed by atoms with E-state index in [9.17, 15) is 19.4 Å². The largest absolute Gasteiger partial charge is 0.756 e. The van der Waals surface area contributed by atoms with Gasteiger partial charge in [-0.05, 0) is 83.5 Å². The predicted octanol–water partition coefficient (Wildman–Crippen LogP) is 23.6. The molecule has 0 aromatic rings. The van der Waals surface area contributed by atoms with Crippen LogP contribution in [0.1, 0.15) is 354 Å². The Morgan fingerprint density at radius 1 is 0.414 bits per heavy atom. The van der Waals surface area contributed by atoms with Gasteiger partial charge >= 0.3 is 0 Å². The van der Waals surface area contributed by atoms with Crippen LogP contribution >= 0.6 is 7.82 Å². The van der Waals surface area contributed by atoms with Crippen molar-refractivity contribution in [2.75, 3.05) is 40.9 Å². The van der Waals surface area contributed by atoms with Crippen LogP contribution in [-0.4, -0.2) is 68.5 Å². The summed E-state index contributed by atoms with van der Waals surface area (Å²) in [6, 6.07) is -0.915. The molecule has 0 heterocycles. The molecule has 0 radical (unpaired) electrons. The molecule has 0 spiro atoms. The Bertz CT molecular complexity index is 1700. The van der Waals surface area contributed by atoms with E-state index in [0.29, 0.717) is 17.4 Å². The molecule has 3 atom stereocenters. The molecule has 2 N–H and O–H groups in total. The monoisotopic (exact) mass is 1240 g/mol. The molecule has 0 saturated carbocycles. The molecule has 3 unspecified atom stereocenters. The zero-order chi connectivity index (χ0) is 63.4. The third-order valence-electron chi connectivity index (χ3n) is 16.8. The molecule has 1 amide bonds. The minimum Gasteiger partial charge on any atom is -0.756 e. The maximum atomic E-state index is 13.1. The number of nitrogens with zero attached hydrogens (tertiary/aromatic N) is 1. The second-order valence-electron chi connectivity index (χ2n) is 26.6. The topological polar surface area (TPSA) is 108 Å². The second kappa shape index (κ2) is 68.1. The van der Waals surface area contributed by atoms with E-state index in [-0.39, 0.29) is 12.5 Å². The molecule has 508 valence electrons. The highest BCUT2D eigenvalue weighted by molar-refractivity contribution is 7.45. The van der Waals surface area contributed by atoms with Gasteiger partial charge in [0.05, 0.1) is 39.9 Å². The summed E-state index contributed by atoms with van der Waals surface area (Å²) in [7, 11) is 1.24. The number of aliphatic hydroxyl groups is 1. The molecule has 0 aliphatic heterocycles. The summed E-state index contributed by atoms with van der Waals surface area (Å²) in [6.07, 6.45) is 97.4. The predicted molar refractivity (Wildman–Crippen MR) is 380 cm³/mol. The summed E-state index contributed by atoms with van der Waals surface area (Å²) in [5.74, 6) is -0.207. The average Bonchev–Trinajstić information content (AvgIpc) is 3.71. The lowest BCUT2D eigenvalue weighted by molar-refractivity contribution is -0.870. The first-order chi connectivity index (χ1) is 42.5. The van der Waals surface area contributed by atoms with Gasteiger partial charge in [0.2, 0.25) is 5.91 Å². The van der Waals surface area contributed by atoms with Gasteiger partial charge in [0.1, 0.15) is 13.2 Å². The lowest BCUT2D eigenvalue weighted by Crippen LogP contribution is -2.45. The maximum Gasteiger partial charge on any atom is 0.268 e. The summed E-state index contributed by atoms with van der Waals surface area (Å²) in [5, 5.41) is 14.0. The van der Waals surface area contributed by atoms with E-state index in [2.05, 4.69) is 92.1 Å². The van der Waals surface area contributed by atoms with E-state index in [0.717, 1.165) is 70.6 Å². The van der Waals surface area contributed by atoms with Gasteiger partial charge < -0.3 is 28.8 Å². The summed E-state index contributed by atoms with van der Waals surface area (Å²) >= 11 is 0. The van der Waals surface area contributed by atoms with E-state index in [1.54, 1.807) is 6.08 Å². The summed E-state index contributed by atoms with van der Waals surface area (Å²) in [5.41, 5.74) is 0. The van der Waals surface area contributed by atoms with Gasteiger partial charge in [-0.3, -0.25) is 9.36 Å². The van der Waals surface area contributed by atoms with Gasteiger partial charge in [0.15, 0.2) is 0 Å². The number of carbonyl (C=O) groups excluding carboxylic acids is 1. The standard InChI is InChI=1S/C78H145N2O6P/c1-6-8-10-12-14-16-18-20-22-24-26-28-30-32-34-36-38-40-42-44-46-48-50-52-54-56-58-60-62-64-66-68-70-72-78(82)79-76(75-86-87(83,84)85-74-73-80(3,4)5)77(81)71-69-67-65-63-61-59-57-55-53-51-49-47-45-43-41-39-37-35-33-31-29-27-25-23-21-19-17-15-13-11-9-7-2/h8,10,14,16,20,22,26,28,53,55,61,63,69,71,76-77,81H,6-7,9,11-13,15,17-19,21,23-25,27,29-52,54,56-60,62,64-68,70,72-75H2,1-5H3,(H-,79,82,83,84)/b10-8-,16-14-,22-20-,28-26-,55-53+,63-61+,71-69+. The molecule has 87 heavy (non-hydrogen) atoms. The molecule has 0 aliphatic carbocycles. The Morgan fingerprint density at radius 3 is 1.07 bits per heavy atom. The third kappa shape index (κ3) is 71.0. The van der Waals surface area contributed by atoms with Crippen molar-refractivity contribution >= 4 is 13.7 Å². The SMILES string of the molecule is CC/C=C\C/C=C\C/C=C\C/C=C\CCCCCCCCCCCCCCCCCCCCCCC(=O)NC(COP(=O)([O-])OCC[N+](C)(C)C)C(O)/C=C/CC/C=C/CC/C=C/CCCCCCCCCCCCCCCCCCCCCCCC. The summed E-state index contributed by atoms with van der Waals surface area (Å²) in [6.45, 7) is 4.55. The van der Waals surface area contributed by atoms with Gasteiger partial charge in [-0.1, -0.05) is 349 Å². The fourth-order valence-corrected chi connectivity index (χ4v) is 11.8. The number of hydrogen-bond acceptors (Lipinski definition) is 6. The highest BCUT2D eigenvalue weighted by atomic mass is 31.2. The quantitative estimate of drug-likeness (QED) is 0.0272. The minimum absolute atomic E-state index is 0.0101. The molecule has 8 nitrogen and oxygen atoms in total. The molecule has 0 aliphatic rings. The molecular weight excluding hydrogens is 1090 g/mol. The molecule has 0 rings (SSSR count). The van der Waals surface area contributed by atoms with Crippen molar-refractivity contribution < 1.29 is 32.9 Å². The molecule has 0 bridgehead atoms. The van der Waals surface area contributed by atoms with Gasteiger partial charge in [-0.2, -0.15) is 0 Å². The van der Waals surface area contributed by atoms with E-state index < -0.39 is 26.6 Å². The highest BCUT2D eigenvalue weighted by Gasteiger charge is 2.23. The zero-order valence-corrected chi connectivity index (χ0v) is 59.1. The van der Waals surface area contributed by atoms with Crippen molar-refractivity contribution in [3.63, 3.8) is 0 Å². The third-order valence-corrected chi connectivity index (χ3v) is 17.8. The Balaban J connectivity index is 4.07. The van der Waals surface area contributed by atoms with Crippen molar-refractivity contribution in [1.82, 2.24) is 5.32 Å². The fraction of sp³-hybridized carbons (Fsp3) is 0.808. The first kappa shape index (κ1) is 84.7. The fourth-order valence-electron chi connectivity index (χ4n) is 11.1. The lowest BCUT2D eigenvalue weighted by Gasteiger charge is -2.29. The van der Waals surface area contributed by atoms with Crippen molar-refractivity contribution in [1.29, 1.82) is 0 Å². The average molecular weight is 1240 g/mol. The van der Waals surface area contributed by atoms with Crippen LogP contribution in [0.5, 0.6) is 0 Å². The number of hydrogen-bond donors (Lipinski definition) is 2. The second-order valence-corrected chi connectivity index (χ2v) is 28.0. The van der Waals surface area contributed by atoms with Crippen LogP contribution in [0.25, 0.3) is 0 Å². The first-order valence-corrected chi connectivity index (χ1v) is 38.9. The molecule has 0 aromatic heterocycles. The Kier molecular flexibility index (Phi) is 66.2. The molecule has 9 heteroatoms. The number of likely N-dealkylation sites (N-methyl/N-ethyl adjacent to an activating group) is 1. The smallest absolute Gasteiger partial charge is 0.268 e. The number of rotatable bonds is 69. The molecule has 0 saturated heterocycles. The van der Waals surface area contributed by atoms with Gasteiger partial charge in [0.25, 0.3) is 7.82 Å². The molecular formula is C78H145N2O6P. The molecule has 0 aromatic carbocycles. The zero-order valence-electron chi connectivity index (χ0n) is 58.2. The van der Waals surface area contributed by atoms with Crippen LogP contribution in [0.4, 0.5) is 0 Å². The number of phosphoric acid groups is 1. The van der Waals surface area contributed by atoms with Crippen LogP contribution in [0.3, 0.4) is 0 Å². The number of phosphoric ester groups is 1. The number of nitrogens with one attached hydrogen (secondary N) is 1. The van der Waals surface area contributed by atoms with Crippen LogP contribution in [-0.2, 0) is 18.4 Å². The Labute approximate surface area is 541 Å². The van der Waals surface area contributed by atoms with Crippen LogP contribution in [0.15, 0.2) is 85.1 Å². The van der Waals surface area contributed by atoms with Gasteiger partial charge in [0, 0.05) is 6.42 Å². The lowest BCUT2D eigenvalue weighted by atomic mass is 10.0. The van der Waals surface area contributed by atoms with Crippen LogP contribution in [0.2, 0.25) is 0 Å². The normalized spacial score (nSPS) is 14.1. The number of unbranched alkanes of at least 4 members (excludes halogenated alkanes) is 44. The van der Waals surface area contributed by atoms with Gasteiger partial charge in [-0.25, -0.2) is 0 Å². The van der Waals surface area contributed by atoms with Crippen LogP contribution < -0.4 is 10.2 Å². The minimum atomic E-state index is -4.62. The van der Waals surface area contributed by atoms with Crippen LogP contribution in [0, 0.1) is 0 Å². The van der Waals surface area contributed by atoms with E-state index in [1.807, 2.05) is 27.2 Å². The van der Waals surface area contributed by atoms with Crippen molar-refractivity contribution in [2.45, 2.75) is 366 Å². The number of amides is 1. The van der Waals surface area contributed by atoms with Crippen molar-refractivity contribution in [2.24, 2.45) is 0 Å². The number of allylic oxidation sites excluding steroid dienone is 13. The van der Waals surface area contributed by atoms with Crippen molar-refractivity contribution in [3.8, 4) is 0 Å². The Hall–Kier alpha value is -2.32. The Morgan fingerprint density at radius 2 is 0.713 bits per heavy atom. The number of quaternary nitrogens is 1. The summed E-state index contributed by atoms with van der Waals surface area (Å²) in [4.78, 5) is 25.7. The van der Waals surface area contributed by atoms with E-state index in [1.165, 1.54) is 263 Å². The summed E-state index contributed by atoms with van der Waals surface area (Å²) < 4.78 is 23.5. The van der Waals surface area contributed by atoms with Gasteiger partial charge in [-0.15, -0.1) is 0 Å². The number of carbonyl (C=O) groups is 1. The van der Waals surface area contributed by atoms with Crippen molar-refractivity contribution in [3.05, 3.63) is 85.1 Å². The van der Waals surface area contributed by atoms with E-state index >= 15 is 0 Å². The first-order valence-electron chi connectivity index (χ1n) is 37.4. The highest BCUT2D eigenvalue weighted by Crippen LogP contribution is 2.38. The molecule has 0 fully saturated rings. The number of aliphatic hydroxyl groups excluding tert-OH is 1. The maximum absolute atomic E-state index is 13.1. The van der Waals surface area contributed by atoms with E-state index in [4.69, 9.17) is 9.05 Å².